The van der Waals surface area contributed by atoms with E-state index in [1.807, 2.05) is 0 Å². The molecule has 1 aliphatic rings. The molecule has 3 amide bonds. The van der Waals surface area contributed by atoms with Gasteiger partial charge in [0.25, 0.3) is 5.91 Å². The Morgan fingerprint density at radius 2 is 2.00 bits per heavy atom. The van der Waals surface area contributed by atoms with Crippen LogP contribution in [-0.4, -0.2) is 67.3 Å². The smallest absolute Gasteiger partial charge is 0.329 e. The van der Waals surface area contributed by atoms with Gasteiger partial charge in [-0.3, -0.25) is 14.9 Å². The molecule has 20 heavy (non-hydrogen) atoms. The summed E-state index contributed by atoms with van der Waals surface area (Å²) in [5.74, 6) is -2.72. The Balaban J connectivity index is 2.31. The molecule has 0 spiro atoms. The van der Waals surface area contributed by atoms with E-state index in [-0.39, 0.29) is 12.5 Å². The third-order valence-electron chi connectivity index (χ3n) is 2.72. The number of carbonyl (C=O) groups excluding carboxylic acids is 3. The number of carboxylic acid groups (broad SMARTS) is 1. The molecule has 9 nitrogen and oxygen atoms in total. The van der Waals surface area contributed by atoms with Gasteiger partial charge in [0.15, 0.2) is 0 Å². The molecule has 1 aliphatic heterocycles. The Kier molecular flexibility index (Phi) is 5.91. The second-order valence-corrected chi connectivity index (χ2v) is 4.19. The van der Waals surface area contributed by atoms with E-state index in [1.54, 1.807) is 0 Å². The van der Waals surface area contributed by atoms with Crippen molar-refractivity contribution >= 4 is 23.9 Å². The number of methoxy groups -OCH3 is 1. The minimum Gasteiger partial charge on any atom is -0.480 e. The lowest BCUT2D eigenvalue weighted by Crippen LogP contribution is -2.43. The number of urea groups is 1. The molecular weight excluding hydrogens is 272 g/mol. The fourth-order valence-electron chi connectivity index (χ4n) is 1.77. The molecule has 9 heteroatoms. The normalized spacial score (nSPS) is 17.6. The highest BCUT2D eigenvalue weighted by Gasteiger charge is 2.32. The molecule has 0 aromatic carbocycles. The standard InChI is InChI=1S/C11H16N2O7/c1-19-10(17)7-2-3-13(4-7)11(18)12-8(14)5-20-6-9(15)16/h7H,2-6H2,1H3,(H,15,16)(H,12,14,18). The van der Waals surface area contributed by atoms with Crippen molar-refractivity contribution in [2.24, 2.45) is 5.92 Å². The molecule has 1 fully saturated rings. The van der Waals surface area contributed by atoms with Crippen LogP contribution in [-0.2, 0) is 23.9 Å². The van der Waals surface area contributed by atoms with Crippen LogP contribution in [0.3, 0.4) is 0 Å². The highest BCUT2D eigenvalue weighted by molar-refractivity contribution is 5.95. The van der Waals surface area contributed by atoms with Crippen LogP contribution >= 0.6 is 0 Å². The second-order valence-electron chi connectivity index (χ2n) is 4.19. The van der Waals surface area contributed by atoms with Crippen molar-refractivity contribution in [2.45, 2.75) is 6.42 Å². The third kappa shape index (κ3) is 4.84. The maximum absolute atomic E-state index is 11.7. The summed E-state index contributed by atoms with van der Waals surface area (Å²) in [5, 5.41) is 10.4. The number of esters is 1. The van der Waals surface area contributed by atoms with Crippen LogP contribution < -0.4 is 5.32 Å². The molecule has 2 N–H and O–H groups in total. The zero-order chi connectivity index (χ0) is 15.1. The lowest BCUT2D eigenvalue weighted by Gasteiger charge is -2.16. The molecule has 0 saturated carbocycles. The van der Waals surface area contributed by atoms with Crippen LogP contribution in [0.25, 0.3) is 0 Å². The van der Waals surface area contributed by atoms with Crippen molar-refractivity contribution in [3.8, 4) is 0 Å². The molecule has 1 atom stereocenters. The van der Waals surface area contributed by atoms with Gasteiger partial charge in [0, 0.05) is 13.1 Å². The van der Waals surface area contributed by atoms with Gasteiger partial charge in [-0.05, 0) is 6.42 Å². The van der Waals surface area contributed by atoms with Crippen LogP contribution in [0.2, 0.25) is 0 Å². The van der Waals surface area contributed by atoms with Crippen LogP contribution in [0.5, 0.6) is 0 Å². The lowest BCUT2D eigenvalue weighted by molar-refractivity contribution is -0.145. The van der Waals surface area contributed by atoms with Gasteiger partial charge in [0.05, 0.1) is 13.0 Å². The molecule has 1 unspecified atom stereocenters. The van der Waals surface area contributed by atoms with Crippen LogP contribution in [0.15, 0.2) is 0 Å². The Morgan fingerprint density at radius 3 is 2.60 bits per heavy atom. The van der Waals surface area contributed by atoms with Gasteiger partial charge >= 0.3 is 18.0 Å². The molecule has 0 bridgehead atoms. The van der Waals surface area contributed by atoms with E-state index in [0.29, 0.717) is 13.0 Å². The highest BCUT2D eigenvalue weighted by atomic mass is 16.5. The molecule has 1 saturated heterocycles. The summed E-state index contributed by atoms with van der Waals surface area (Å²) in [6, 6.07) is -0.639. The number of ether oxygens (including phenoxy) is 2. The Morgan fingerprint density at radius 1 is 1.30 bits per heavy atom. The van der Waals surface area contributed by atoms with E-state index in [2.05, 4.69) is 14.8 Å². The first kappa shape index (κ1) is 15.9. The number of nitrogens with one attached hydrogen (secondary N) is 1. The van der Waals surface area contributed by atoms with Crippen molar-refractivity contribution in [2.75, 3.05) is 33.4 Å². The number of hydrogen-bond acceptors (Lipinski definition) is 6. The predicted octanol–water partition coefficient (Wildman–Crippen LogP) is -1.18. The topological polar surface area (TPSA) is 122 Å². The zero-order valence-corrected chi connectivity index (χ0v) is 11.0. The molecule has 0 aromatic rings. The molecule has 1 heterocycles. The third-order valence-corrected chi connectivity index (χ3v) is 2.72. The quantitative estimate of drug-likeness (QED) is 0.610. The number of carboxylic acids is 1. The Bertz CT molecular complexity index is 410. The number of rotatable bonds is 5. The fraction of sp³-hybridized carbons (Fsp3) is 0.636. The molecule has 112 valence electrons. The minimum atomic E-state index is -1.20. The first-order valence-electron chi connectivity index (χ1n) is 5.90. The van der Waals surface area contributed by atoms with Gasteiger partial charge in [-0.2, -0.15) is 0 Å². The van der Waals surface area contributed by atoms with Crippen molar-refractivity contribution in [3.05, 3.63) is 0 Å². The van der Waals surface area contributed by atoms with E-state index in [4.69, 9.17) is 5.11 Å². The van der Waals surface area contributed by atoms with E-state index in [0.717, 1.165) is 0 Å². The first-order chi connectivity index (χ1) is 9.43. The minimum absolute atomic E-state index is 0.182. The van der Waals surface area contributed by atoms with E-state index in [9.17, 15) is 19.2 Å². The van der Waals surface area contributed by atoms with Crippen LogP contribution in [0.1, 0.15) is 6.42 Å². The summed E-state index contributed by atoms with van der Waals surface area (Å²) in [7, 11) is 1.27. The van der Waals surface area contributed by atoms with Gasteiger partial charge in [-0.25, -0.2) is 9.59 Å². The lowest BCUT2D eigenvalue weighted by atomic mass is 10.1. The van der Waals surface area contributed by atoms with Crippen LogP contribution in [0.4, 0.5) is 4.79 Å². The van der Waals surface area contributed by atoms with Crippen LogP contribution in [0, 0.1) is 5.92 Å². The maximum atomic E-state index is 11.7. The zero-order valence-electron chi connectivity index (χ0n) is 11.0. The molecule has 1 rings (SSSR count). The van der Waals surface area contributed by atoms with Gasteiger partial charge in [-0.1, -0.05) is 0 Å². The number of imide groups is 1. The Hall–Kier alpha value is -2.16. The molecule has 0 aromatic heterocycles. The molecule has 0 radical (unpaired) electrons. The number of carbonyl (C=O) groups is 4. The number of aliphatic carboxylic acids is 1. The summed E-state index contributed by atoms with van der Waals surface area (Å²) in [5.41, 5.74) is 0. The second kappa shape index (κ2) is 7.43. The average Bonchev–Trinajstić information content (AvgIpc) is 2.86. The molecule has 0 aliphatic carbocycles. The number of likely N-dealkylation sites (tertiary alicyclic amines) is 1. The summed E-state index contributed by atoms with van der Waals surface area (Å²) in [6.45, 7) is -0.612. The van der Waals surface area contributed by atoms with Gasteiger partial charge in [-0.15, -0.1) is 0 Å². The summed E-state index contributed by atoms with van der Waals surface area (Å²) >= 11 is 0. The first-order valence-corrected chi connectivity index (χ1v) is 5.90. The Labute approximate surface area is 114 Å². The summed E-state index contributed by atoms with van der Waals surface area (Å²) < 4.78 is 9.12. The largest absolute Gasteiger partial charge is 0.480 e. The number of hydrogen-bond donors (Lipinski definition) is 2. The van der Waals surface area contributed by atoms with Crippen molar-refractivity contribution in [1.82, 2.24) is 10.2 Å². The SMILES string of the molecule is COC(=O)C1CCN(C(=O)NC(=O)COCC(=O)O)C1. The van der Waals surface area contributed by atoms with Crippen molar-refractivity contribution in [3.63, 3.8) is 0 Å². The molecular formula is C11H16N2O7. The maximum Gasteiger partial charge on any atom is 0.329 e. The van der Waals surface area contributed by atoms with E-state index < -0.39 is 37.1 Å². The summed E-state index contributed by atoms with van der Waals surface area (Å²) in [4.78, 5) is 45.7. The number of amides is 3. The van der Waals surface area contributed by atoms with Crippen molar-refractivity contribution < 1.29 is 33.8 Å². The van der Waals surface area contributed by atoms with Gasteiger partial charge in [0.1, 0.15) is 13.2 Å². The fourth-order valence-corrected chi connectivity index (χ4v) is 1.77. The van der Waals surface area contributed by atoms with E-state index in [1.165, 1.54) is 12.0 Å². The van der Waals surface area contributed by atoms with Gasteiger partial charge in [0.2, 0.25) is 0 Å². The average molecular weight is 288 g/mol. The summed E-state index contributed by atoms with van der Waals surface area (Å²) in [6.07, 6.45) is 0.476. The highest BCUT2D eigenvalue weighted by Crippen LogP contribution is 2.17. The monoisotopic (exact) mass is 288 g/mol. The van der Waals surface area contributed by atoms with Crippen molar-refractivity contribution in [1.29, 1.82) is 0 Å². The predicted molar refractivity (Wildman–Crippen MR) is 63.7 cm³/mol. The van der Waals surface area contributed by atoms with Gasteiger partial charge < -0.3 is 19.5 Å². The van der Waals surface area contributed by atoms with E-state index >= 15 is 0 Å². The number of nitrogens with zero attached hydrogens (tertiary/aromatic N) is 1.